The Morgan fingerprint density at radius 2 is 1.79 bits per heavy atom. The molecule has 1 saturated carbocycles. The van der Waals surface area contributed by atoms with Crippen molar-refractivity contribution in [1.29, 1.82) is 0 Å². The fraction of sp³-hybridized carbons (Fsp3) is 0.432. The number of likely N-dealkylation sites (N-methyl/N-ethyl adjacent to an activating group) is 1. The van der Waals surface area contributed by atoms with Gasteiger partial charge in [-0.1, -0.05) is 6.07 Å². The van der Waals surface area contributed by atoms with E-state index in [-0.39, 0.29) is 41.9 Å². The van der Waals surface area contributed by atoms with E-state index in [9.17, 15) is 23.6 Å². The number of nitrogens with one attached hydrogen (secondary N) is 1. The third-order valence-corrected chi connectivity index (χ3v) is 9.98. The summed E-state index contributed by atoms with van der Waals surface area (Å²) in [5.74, 6) is -1.79. The van der Waals surface area contributed by atoms with Crippen molar-refractivity contribution in [2.45, 2.75) is 70.7 Å². The highest BCUT2D eigenvalue weighted by molar-refractivity contribution is 6.12. The molecular weight excluding hydrogens is 613 g/mol. The van der Waals surface area contributed by atoms with Crippen LogP contribution in [0, 0.1) is 11.7 Å². The molecule has 48 heavy (non-hydrogen) atoms. The predicted octanol–water partition coefficient (Wildman–Crippen LogP) is 4.82. The van der Waals surface area contributed by atoms with E-state index in [1.165, 1.54) is 15.9 Å². The van der Waals surface area contributed by atoms with Gasteiger partial charge in [0.1, 0.15) is 17.5 Å². The molecule has 11 heteroatoms. The van der Waals surface area contributed by atoms with Crippen molar-refractivity contribution in [3.05, 3.63) is 83.4 Å². The van der Waals surface area contributed by atoms with Gasteiger partial charge in [0.15, 0.2) is 0 Å². The molecule has 1 aliphatic carbocycles. The summed E-state index contributed by atoms with van der Waals surface area (Å²) in [6.45, 7) is 6.98. The zero-order chi connectivity index (χ0) is 34.2. The maximum absolute atomic E-state index is 14.9. The molecule has 3 aliphatic rings. The Labute approximate surface area is 280 Å². The average molecular weight is 656 g/mol. The number of carbonyl (C=O) groups excluding carboxylic acids is 4. The number of aromatic nitrogens is 1. The molecule has 0 radical (unpaired) electrons. The fourth-order valence-electron chi connectivity index (χ4n) is 6.97. The van der Waals surface area contributed by atoms with Crippen LogP contribution in [0.5, 0.6) is 0 Å². The number of ether oxygens (including phenoxy) is 1. The molecule has 0 unspecified atom stereocenters. The molecule has 1 atom stereocenters. The third kappa shape index (κ3) is 6.82. The first-order chi connectivity index (χ1) is 22.9. The number of pyridine rings is 1. The minimum absolute atomic E-state index is 0.0825. The van der Waals surface area contributed by atoms with Crippen LogP contribution in [0.4, 0.5) is 10.1 Å². The zero-order valence-corrected chi connectivity index (χ0v) is 27.9. The number of halogens is 1. The Morgan fingerprint density at radius 1 is 1.04 bits per heavy atom. The van der Waals surface area contributed by atoms with Crippen LogP contribution in [0.1, 0.15) is 72.7 Å². The van der Waals surface area contributed by atoms with Gasteiger partial charge >= 0.3 is 5.97 Å². The Kier molecular flexibility index (Phi) is 9.33. The van der Waals surface area contributed by atoms with Crippen LogP contribution in [-0.4, -0.2) is 82.8 Å². The maximum Gasteiger partial charge on any atom is 0.320 e. The van der Waals surface area contributed by atoms with Crippen molar-refractivity contribution >= 4 is 29.4 Å². The summed E-state index contributed by atoms with van der Waals surface area (Å²) in [6, 6.07) is 13.4. The molecule has 10 nitrogen and oxygen atoms in total. The van der Waals surface area contributed by atoms with Crippen LogP contribution in [0.3, 0.4) is 0 Å². The summed E-state index contributed by atoms with van der Waals surface area (Å²) in [4.78, 5) is 62.4. The highest BCUT2D eigenvalue weighted by Crippen LogP contribution is 2.36. The molecule has 0 bridgehead atoms. The highest BCUT2D eigenvalue weighted by Gasteiger charge is 2.44. The monoisotopic (exact) mass is 655 g/mol. The Hall–Kier alpha value is -4.64. The van der Waals surface area contributed by atoms with E-state index in [2.05, 4.69) is 22.1 Å². The zero-order valence-electron chi connectivity index (χ0n) is 27.9. The minimum atomic E-state index is -1.27. The van der Waals surface area contributed by atoms with Crippen LogP contribution >= 0.6 is 0 Å². The molecule has 2 fully saturated rings. The first-order valence-corrected chi connectivity index (χ1v) is 16.6. The first-order valence-electron chi connectivity index (χ1n) is 16.6. The van der Waals surface area contributed by atoms with Crippen molar-refractivity contribution in [3.8, 4) is 11.1 Å². The lowest BCUT2D eigenvalue weighted by molar-refractivity contribution is -0.157. The quantitative estimate of drug-likeness (QED) is 0.329. The fourth-order valence-corrected chi connectivity index (χ4v) is 6.97. The number of anilines is 1. The van der Waals surface area contributed by atoms with Crippen molar-refractivity contribution < 1.29 is 28.3 Å². The summed E-state index contributed by atoms with van der Waals surface area (Å²) >= 11 is 0. The van der Waals surface area contributed by atoms with Crippen molar-refractivity contribution in [2.24, 2.45) is 5.92 Å². The molecule has 252 valence electrons. The summed E-state index contributed by atoms with van der Waals surface area (Å²) < 4.78 is 20.5. The van der Waals surface area contributed by atoms with E-state index in [1.54, 1.807) is 45.4 Å². The number of likely N-dealkylation sites (tertiary alicyclic amines) is 1. The predicted molar refractivity (Wildman–Crippen MR) is 179 cm³/mol. The van der Waals surface area contributed by atoms with Gasteiger partial charge in [-0.05, 0) is 118 Å². The van der Waals surface area contributed by atoms with Gasteiger partial charge in [-0.2, -0.15) is 0 Å². The lowest BCUT2D eigenvalue weighted by atomic mass is 9.82. The number of hydrogen-bond acceptors (Lipinski definition) is 7. The van der Waals surface area contributed by atoms with Gasteiger partial charge in [0.2, 0.25) is 0 Å². The normalized spacial score (nSPS) is 22.1. The van der Waals surface area contributed by atoms with Crippen LogP contribution < -0.4 is 10.2 Å². The number of esters is 1. The van der Waals surface area contributed by atoms with E-state index < -0.39 is 17.3 Å². The summed E-state index contributed by atoms with van der Waals surface area (Å²) in [5.41, 5.74) is 1.79. The molecule has 0 spiro atoms. The molecule has 2 aliphatic heterocycles. The van der Waals surface area contributed by atoms with Crippen LogP contribution in [0.2, 0.25) is 0 Å². The molecule has 6 rings (SSSR count). The van der Waals surface area contributed by atoms with E-state index >= 15 is 0 Å². The molecule has 1 N–H and O–H groups in total. The number of benzene rings is 2. The maximum atomic E-state index is 14.9. The molecule has 1 saturated heterocycles. The van der Waals surface area contributed by atoms with Crippen LogP contribution in [0.15, 0.2) is 60.9 Å². The summed E-state index contributed by atoms with van der Waals surface area (Å²) in [5, 5.41) is 2.88. The minimum Gasteiger partial charge on any atom is -0.461 e. The molecule has 1 aromatic heterocycles. The summed E-state index contributed by atoms with van der Waals surface area (Å²) in [7, 11) is 1.64. The Balaban J connectivity index is 1.10. The van der Waals surface area contributed by atoms with E-state index in [0.717, 1.165) is 36.6 Å². The second-order valence-electron chi connectivity index (χ2n) is 13.8. The molecule has 3 amide bonds. The van der Waals surface area contributed by atoms with Crippen LogP contribution in [0.25, 0.3) is 11.1 Å². The second-order valence-corrected chi connectivity index (χ2v) is 13.8. The van der Waals surface area contributed by atoms with Gasteiger partial charge < -0.3 is 19.9 Å². The number of hydrogen-bond donors (Lipinski definition) is 1. The lowest BCUT2D eigenvalue weighted by Crippen LogP contribution is -2.55. The molecule has 3 heterocycles. The number of carbonyl (C=O) groups is 4. The number of nitrogens with zero attached hydrogens (tertiary/aromatic N) is 4. The lowest BCUT2D eigenvalue weighted by Gasteiger charge is -2.36. The third-order valence-electron chi connectivity index (χ3n) is 9.98. The Morgan fingerprint density at radius 3 is 2.50 bits per heavy atom. The first kappa shape index (κ1) is 33.3. The second kappa shape index (κ2) is 13.5. The molecule has 2 aromatic carbocycles. The molecule has 3 aromatic rings. The van der Waals surface area contributed by atoms with Gasteiger partial charge in [0, 0.05) is 44.1 Å². The van der Waals surface area contributed by atoms with Gasteiger partial charge in [-0.15, -0.1) is 0 Å². The van der Waals surface area contributed by atoms with Gasteiger partial charge in [0.25, 0.3) is 17.7 Å². The molecular formula is C37H42FN5O5. The van der Waals surface area contributed by atoms with Crippen molar-refractivity contribution in [2.75, 3.05) is 31.6 Å². The van der Waals surface area contributed by atoms with E-state index in [0.29, 0.717) is 48.8 Å². The largest absolute Gasteiger partial charge is 0.461 e. The van der Waals surface area contributed by atoms with Crippen LogP contribution in [-0.2, 0) is 20.9 Å². The van der Waals surface area contributed by atoms with E-state index in [4.69, 9.17) is 4.74 Å². The SMILES string of the molecule is C[C@@H]1CCCN1CC(=O)OC1CC(CNC(=O)c2cc(F)cc(CN3C(=O)c4ccc(-c5ccncc5)cc4N(C)C(=O)C3(C)C)c2)C1. The van der Waals surface area contributed by atoms with Gasteiger partial charge in [-0.25, -0.2) is 4.39 Å². The van der Waals surface area contributed by atoms with E-state index in [1.807, 2.05) is 24.3 Å². The highest BCUT2D eigenvalue weighted by atomic mass is 19.1. The smallest absolute Gasteiger partial charge is 0.320 e. The topological polar surface area (TPSA) is 112 Å². The van der Waals surface area contributed by atoms with Crippen molar-refractivity contribution in [3.63, 3.8) is 0 Å². The number of fused-ring (bicyclic) bond motifs is 1. The van der Waals surface area contributed by atoms with Gasteiger partial charge in [0.05, 0.1) is 17.8 Å². The number of amides is 3. The van der Waals surface area contributed by atoms with Gasteiger partial charge in [-0.3, -0.25) is 29.1 Å². The van der Waals surface area contributed by atoms with Crippen molar-refractivity contribution in [1.82, 2.24) is 20.1 Å². The summed E-state index contributed by atoms with van der Waals surface area (Å²) in [6.07, 6.45) is 6.73. The standard InChI is InChI=1S/C37H42FN5O5/c1-23-6-5-13-42(23)22-33(44)48-30-16-24(17-30)20-40-34(45)28-14-25(15-29(38)18-28)21-43-35(46)31-8-7-27(26-9-11-39-12-10-26)19-32(31)41(4)36(47)37(43,2)3/h7-12,14-15,18-19,23-24,30H,5-6,13,16-17,20-22H2,1-4H3,(H,40,45)/t23-,24?,30?/m1/s1. The Bertz CT molecular complexity index is 1720. The average Bonchev–Trinajstić information content (AvgIpc) is 3.44. The number of rotatable bonds is 9.